The summed E-state index contributed by atoms with van der Waals surface area (Å²) < 4.78 is 5.44. The van der Waals surface area contributed by atoms with Gasteiger partial charge in [-0.25, -0.2) is 4.98 Å². The van der Waals surface area contributed by atoms with Crippen molar-refractivity contribution in [3.8, 4) is 16.9 Å². The zero-order valence-corrected chi connectivity index (χ0v) is 16.0. The van der Waals surface area contributed by atoms with Gasteiger partial charge in [0, 0.05) is 22.6 Å². The van der Waals surface area contributed by atoms with Crippen molar-refractivity contribution in [1.29, 1.82) is 0 Å². The fraction of sp³-hybridized carbons (Fsp3) is 0.200. The molecule has 0 aliphatic heterocycles. The van der Waals surface area contributed by atoms with Gasteiger partial charge in [-0.1, -0.05) is 41.9 Å². The van der Waals surface area contributed by atoms with Gasteiger partial charge in [0.25, 0.3) is 0 Å². The zero-order valence-electron chi connectivity index (χ0n) is 14.4. The molecule has 26 heavy (non-hydrogen) atoms. The number of hydrogen-bond donors (Lipinski definition) is 1. The molecular formula is C20H18ClNO3S. The third-order valence-electron chi connectivity index (χ3n) is 4.09. The second-order valence-electron chi connectivity index (χ2n) is 5.90. The number of hydrogen-bond acceptors (Lipinski definition) is 4. The minimum atomic E-state index is -0.858. The Balaban J connectivity index is 2.09. The number of aliphatic carboxylic acids is 1. The van der Waals surface area contributed by atoms with Gasteiger partial charge in [0.05, 0.1) is 18.6 Å². The molecule has 3 aromatic rings. The van der Waals surface area contributed by atoms with Crippen LogP contribution in [0.2, 0.25) is 5.02 Å². The topological polar surface area (TPSA) is 59.4 Å². The van der Waals surface area contributed by atoms with Crippen LogP contribution in [0.3, 0.4) is 0 Å². The molecule has 134 valence electrons. The number of ether oxygens (including phenoxy) is 1. The van der Waals surface area contributed by atoms with E-state index in [0.717, 1.165) is 26.6 Å². The van der Waals surface area contributed by atoms with Gasteiger partial charge in [0.1, 0.15) is 10.8 Å². The van der Waals surface area contributed by atoms with Crippen molar-refractivity contribution < 1.29 is 14.6 Å². The van der Waals surface area contributed by atoms with E-state index >= 15 is 0 Å². The number of carbonyl (C=O) groups is 1. The number of thiazole rings is 1. The summed E-state index contributed by atoms with van der Waals surface area (Å²) in [6, 6.07) is 13.2. The molecule has 0 radical (unpaired) electrons. The van der Waals surface area contributed by atoms with Crippen LogP contribution in [-0.2, 0) is 4.79 Å². The van der Waals surface area contributed by atoms with Crippen molar-refractivity contribution in [1.82, 2.24) is 4.98 Å². The highest BCUT2D eigenvalue weighted by molar-refractivity contribution is 7.11. The lowest BCUT2D eigenvalue weighted by molar-refractivity contribution is -0.137. The molecule has 0 bridgehead atoms. The van der Waals surface area contributed by atoms with E-state index < -0.39 is 5.97 Å². The number of methoxy groups -OCH3 is 1. The highest BCUT2D eigenvalue weighted by Crippen LogP contribution is 2.39. The summed E-state index contributed by atoms with van der Waals surface area (Å²) >= 11 is 7.91. The summed E-state index contributed by atoms with van der Waals surface area (Å²) in [5.41, 5.74) is 2.57. The monoisotopic (exact) mass is 387 g/mol. The Morgan fingerprint density at radius 1 is 1.31 bits per heavy atom. The minimum Gasteiger partial charge on any atom is -0.496 e. The molecule has 1 aromatic heterocycles. The largest absolute Gasteiger partial charge is 0.496 e. The predicted octanol–water partition coefficient (Wildman–Crippen LogP) is 5.39. The number of aryl methyl sites for hydroxylation is 1. The van der Waals surface area contributed by atoms with Crippen LogP contribution in [0.15, 0.2) is 48.7 Å². The molecule has 0 aliphatic rings. The van der Waals surface area contributed by atoms with Gasteiger partial charge in [-0.05, 0) is 30.2 Å². The van der Waals surface area contributed by atoms with Crippen molar-refractivity contribution in [2.75, 3.05) is 7.11 Å². The van der Waals surface area contributed by atoms with Crippen LogP contribution in [0.25, 0.3) is 11.1 Å². The lowest BCUT2D eigenvalue weighted by atomic mass is 9.92. The molecule has 0 spiro atoms. The van der Waals surface area contributed by atoms with E-state index in [2.05, 4.69) is 4.98 Å². The van der Waals surface area contributed by atoms with E-state index in [1.165, 1.54) is 11.3 Å². The first-order valence-electron chi connectivity index (χ1n) is 8.06. The maximum atomic E-state index is 11.4. The van der Waals surface area contributed by atoms with Crippen LogP contribution in [0.1, 0.15) is 27.8 Å². The third-order valence-corrected chi connectivity index (χ3v) is 5.43. The summed E-state index contributed by atoms with van der Waals surface area (Å²) in [4.78, 5) is 16.9. The van der Waals surface area contributed by atoms with Crippen LogP contribution in [-0.4, -0.2) is 23.2 Å². The fourth-order valence-corrected chi connectivity index (χ4v) is 4.10. The van der Waals surface area contributed by atoms with Crippen molar-refractivity contribution in [3.05, 3.63) is 69.1 Å². The van der Waals surface area contributed by atoms with E-state index in [1.807, 2.05) is 49.4 Å². The summed E-state index contributed by atoms with van der Waals surface area (Å²) in [7, 11) is 1.60. The number of carboxylic acids is 1. The van der Waals surface area contributed by atoms with Crippen LogP contribution in [0, 0.1) is 6.92 Å². The number of nitrogens with zero attached hydrogens (tertiary/aromatic N) is 1. The van der Waals surface area contributed by atoms with Gasteiger partial charge >= 0.3 is 5.97 Å². The van der Waals surface area contributed by atoms with E-state index in [0.29, 0.717) is 10.8 Å². The summed E-state index contributed by atoms with van der Waals surface area (Å²) in [6.07, 6.45) is 1.76. The second kappa shape index (κ2) is 7.89. The zero-order chi connectivity index (χ0) is 18.7. The Hall–Kier alpha value is -2.37. The summed E-state index contributed by atoms with van der Waals surface area (Å²) in [6.45, 7) is 1.96. The quantitative estimate of drug-likeness (QED) is 0.616. The maximum absolute atomic E-state index is 11.4. The van der Waals surface area contributed by atoms with Gasteiger partial charge in [-0.2, -0.15) is 0 Å². The molecule has 1 heterocycles. The molecule has 0 amide bonds. The predicted molar refractivity (Wildman–Crippen MR) is 104 cm³/mol. The molecule has 0 saturated heterocycles. The average molecular weight is 388 g/mol. The standard InChI is InChI=1S/C20H18ClNO3S/c1-12-11-22-20(26-12)15(10-18(23)24)13-5-3-6-14(9-13)19-16(21)7-4-8-17(19)25-2/h3-9,11,15H,10H2,1-2H3,(H,23,24). The second-order valence-corrected chi connectivity index (χ2v) is 7.58. The fourth-order valence-electron chi connectivity index (χ4n) is 2.92. The van der Waals surface area contributed by atoms with Gasteiger partial charge in [0.15, 0.2) is 0 Å². The van der Waals surface area contributed by atoms with E-state index in [1.54, 1.807) is 13.3 Å². The Labute approximate surface area is 161 Å². The lowest BCUT2D eigenvalue weighted by Crippen LogP contribution is -2.08. The number of rotatable bonds is 6. The SMILES string of the molecule is COc1cccc(Cl)c1-c1cccc(C(CC(=O)O)c2ncc(C)s2)c1. The van der Waals surface area contributed by atoms with Crippen LogP contribution >= 0.6 is 22.9 Å². The first-order chi connectivity index (χ1) is 12.5. The normalized spacial score (nSPS) is 12.0. The van der Waals surface area contributed by atoms with Gasteiger partial charge in [0.2, 0.25) is 0 Å². The van der Waals surface area contributed by atoms with E-state index in [-0.39, 0.29) is 12.3 Å². The number of halogens is 1. The molecule has 0 saturated carbocycles. The Morgan fingerprint density at radius 3 is 2.73 bits per heavy atom. The first-order valence-corrected chi connectivity index (χ1v) is 9.26. The van der Waals surface area contributed by atoms with Gasteiger partial charge in [-0.15, -0.1) is 11.3 Å². The Bertz CT molecular complexity index is 938. The first kappa shape index (κ1) is 18.4. The molecule has 4 nitrogen and oxygen atoms in total. The molecule has 1 N–H and O–H groups in total. The van der Waals surface area contributed by atoms with Crippen molar-refractivity contribution >= 4 is 28.9 Å². The molecule has 1 atom stereocenters. The van der Waals surface area contributed by atoms with Gasteiger partial charge < -0.3 is 9.84 Å². The molecule has 3 rings (SSSR count). The Kier molecular flexibility index (Phi) is 5.59. The van der Waals surface area contributed by atoms with Crippen LogP contribution in [0.5, 0.6) is 5.75 Å². The number of carboxylic acid groups (broad SMARTS) is 1. The van der Waals surface area contributed by atoms with E-state index in [4.69, 9.17) is 16.3 Å². The molecule has 2 aromatic carbocycles. The maximum Gasteiger partial charge on any atom is 0.304 e. The third kappa shape index (κ3) is 3.89. The molecule has 0 fully saturated rings. The van der Waals surface area contributed by atoms with Gasteiger partial charge in [-0.3, -0.25) is 4.79 Å². The summed E-state index contributed by atoms with van der Waals surface area (Å²) in [5, 5.41) is 10.7. The van der Waals surface area contributed by atoms with E-state index in [9.17, 15) is 9.90 Å². The smallest absolute Gasteiger partial charge is 0.304 e. The molecular weight excluding hydrogens is 370 g/mol. The van der Waals surface area contributed by atoms with Crippen LogP contribution < -0.4 is 4.74 Å². The van der Waals surface area contributed by atoms with Crippen molar-refractivity contribution in [2.45, 2.75) is 19.3 Å². The lowest BCUT2D eigenvalue weighted by Gasteiger charge is -2.16. The van der Waals surface area contributed by atoms with Crippen molar-refractivity contribution in [2.24, 2.45) is 0 Å². The summed E-state index contributed by atoms with van der Waals surface area (Å²) in [5.74, 6) is -0.488. The Morgan fingerprint density at radius 2 is 2.08 bits per heavy atom. The molecule has 6 heteroatoms. The van der Waals surface area contributed by atoms with Crippen molar-refractivity contribution in [3.63, 3.8) is 0 Å². The molecule has 0 aliphatic carbocycles. The highest BCUT2D eigenvalue weighted by Gasteiger charge is 2.22. The molecule has 1 unspecified atom stereocenters. The number of aromatic nitrogens is 1. The highest BCUT2D eigenvalue weighted by atomic mass is 35.5. The number of benzene rings is 2. The average Bonchev–Trinajstić information content (AvgIpc) is 3.05. The minimum absolute atomic E-state index is 0.0178. The van der Waals surface area contributed by atoms with Crippen LogP contribution in [0.4, 0.5) is 0 Å².